The van der Waals surface area contributed by atoms with E-state index in [1.807, 2.05) is 30.3 Å². The first-order valence-corrected chi connectivity index (χ1v) is 7.69. The van der Waals surface area contributed by atoms with E-state index in [2.05, 4.69) is 41.7 Å². The third kappa shape index (κ3) is 7.15. The zero-order valence-electron chi connectivity index (χ0n) is 14.6. The highest BCUT2D eigenvalue weighted by Crippen LogP contribution is 2.20. The summed E-state index contributed by atoms with van der Waals surface area (Å²) in [5.74, 6) is 0.442. The van der Waals surface area contributed by atoms with Gasteiger partial charge in [0.15, 0.2) is 5.96 Å². The summed E-state index contributed by atoms with van der Waals surface area (Å²) in [6, 6.07) is 9.35. The number of aliphatic imine (C=N–C) groups is 1. The van der Waals surface area contributed by atoms with Gasteiger partial charge in [-0.15, -0.1) is 0 Å². The average molecular weight is 320 g/mol. The molecule has 3 N–H and O–H groups in total. The van der Waals surface area contributed by atoms with Crippen molar-refractivity contribution in [2.24, 2.45) is 10.4 Å². The first-order valence-electron chi connectivity index (χ1n) is 7.69. The van der Waals surface area contributed by atoms with Gasteiger partial charge in [0, 0.05) is 26.4 Å². The lowest BCUT2D eigenvalue weighted by atomic mass is 9.89. The smallest absolute Gasteiger partial charge is 0.243 e. The molecule has 0 saturated carbocycles. The highest BCUT2D eigenvalue weighted by molar-refractivity contribution is 5.94. The minimum Gasteiger partial charge on any atom is -0.379 e. The number of guanidine groups is 1. The third-order valence-corrected chi connectivity index (χ3v) is 3.40. The normalized spacial score (nSPS) is 13.3. The molecule has 128 valence electrons. The van der Waals surface area contributed by atoms with Crippen molar-refractivity contribution in [2.45, 2.75) is 26.9 Å². The van der Waals surface area contributed by atoms with Crippen LogP contribution in [0, 0.1) is 5.41 Å². The topological polar surface area (TPSA) is 74.8 Å². The lowest BCUT2D eigenvalue weighted by Crippen LogP contribution is -2.46. The van der Waals surface area contributed by atoms with Crippen molar-refractivity contribution in [1.29, 1.82) is 0 Å². The zero-order chi connectivity index (χ0) is 17.3. The molecule has 0 aliphatic heterocycles. The van der Waals surface area contributed by atoms with E-state index >= 15 is 0 Å². The van der Waals surface area contributed by atoms with Gasteiger partial charge in [0.1, 0.15) is 0 Å². The summed E-state index contributed by atoms with van der Waals surface area (Å²) in [7, 11) is 3.37. The van der Waals surface area contributed by atoms with Gasteiger partial charge in [-0.1, -0.05) is 39.0 Å². The summed E-state index contributed by atoms with van der Waals surface area (Å²) < 4.78 is 5.49. The zero-order valence-corrected chi connectivity index (χ0v) is 14.6. The van der Waals surface area contributed by atoms with Gasteiger partial charge < -0.3 is 20.7 Å². The number of hydrogen-bond donors (Lipinski definition) is 3. The number of nitrogens with one attached hydrogen (secondary N) is 3. The lowest BCUT2D eigenvalue weighted by molar-refractivity contribution is -0.115. The lowest BCUT2D eigenvalue weighted by Gasteiger charge is -2.30. The maximum Gasteiger partial charge on any atom is 0.243 e. The molecule has 0 saturated heterocycles. The number of para-hydroxylation sites is 1. The Labute approximate surface area is 138 Å². The molecule has 1 atom stereocenters. The van der Waals surface area contributed by atoms with Crippen LogP contribution in [0.15, 0.2) is 35.3 Å². The Morgan fingerprint density at radius 3 is 2.39 bits per heavy atom. The fraction of sp³-hybridized carbons (Fsp3) is 0.529. The van der Waals surface area contributed by atoms with E-state index in [1.54, 1.807) is 14.2 Å². The van der Waals surface area contributed by atoms with E-state index < -0.39 is 0 Å². The van der Waals surface area contributed by atoms with Gasteiger partial charge in [-0.3, -0.25) is 9.79 Å². The van der Waals surface area contributed by atoms with E-state index in [9.17, 15) is 4.79 Å². The molecule has 0 bridgehead atoms. The number of nitrogens with zero attached hydrogens (tertiary/aromatic N) is 1. The van der Waals surface area contributed by atoms with E-state index in [0.29, 0.717) is 12.5 Å². The van der Waals surface area contributed by atoms with Crippen LogP contribution in [0.25, 0.3) is 0 Å². The highest BCUT2D eigenvalue weighted by Gasteiger charge is 2.24. The predicted molar refractivity (Wildman–Crippen MR) is 94.7 cm³/mol. The van der Waals surface area contributed by atoms with Crippen LogP contribution in [-0.2, 0) is 9.53 Å². The minimum atomic E-state index is -0.127. The molecule has 0 aliphatic carbocycles. The maximum absolute atomic E-state index is 11.9. The van der Waals surface area contributed by atoms with Gasteiger partial charge >= 0.3 is 0 Å². The number of anilines is 1. The van der Waals surface area contributed by atoms with Crippen molar-refractivity contribution in [3.8, 4) is 0 Å². The van der Waals surface area contributed by atoms with E-state index in [1.165, 1.54) is 0 Å². The van der Waals surface area contributed by atoms with Crippen LogP contribution in [0.2, 0.25) is 0 Å². The van der Waals surface area contributed by atoms with Crippen LogP contribution in [0.5, 0.6) is 0 Å². The number of amides is 1. The monoisotopic (exact) mass is 320 g/mol. The first-order chi connectivity index (χ1) is 10.9. The predicted octanol–water partition coefficient (Wildman–Crippen LogP) is 1.85. The standard InChI is InChI=1S/C17H28N4O2/c1-17(2,3)14(23-5)11-19-16(18-4)20-12-15(22)21-13-9-7-6-8-10-13/h6-10,14H,11-12H2,1-5H3,(H,21,22)(H2,18,19,20). The van der Waals surface area contributed by atoms with Crippen LogP contribution in [-0.4, -0.2) is 45.2 Å². The SMILES string of the molecule is CN=C(NCC(=O)Nc1ccccc1)NCC(OC)C(C)(C)C. The first kappa shape index (κ1) is 19.0. The second kappa shape index (κ2) is 9.15. The van der Waals surface area contributed by atoms with Crippen molar-refractivity contribution in [2.75, 3.05) is 32.6 Å². The van der Waals surface area contributed by atoms with Crippen molar-refractivity contribution in [3.63, 3.8) is 0 Å². The molecule has 1 amide bonds. The minimum absolute atomic E-state index is 0.0191. The van der Waals surface area contributed by atoms with Gasteiger partial charge in [0.25, 0.3) is 0 Å². The second-order valence-corrected chi connectivity index (χ2v) is 6.31. The van der Waals surface area contributed by atoms with Gasteiger partial charge in [0.05, 0.1) is 12.6 Å². The number of carbonyl (C=O) groups excluding carboxylic acids is 1. The quantitative estimate of drug-likeness (QED) is 0.552. The summed E-state index contributed by atoms with van der Waals surface area (Å²) in [6.07, 6.45) is 0.0409. The molecule has 1 rings (SSSR count). The summed E-state index contributed by atoms with van der Waals surface area (Å²) in [5, 5.41) is 8.98. The number of ether oxygens (including phenoxy) is 1. The Morgan fingerprint density at radius 1 is 1.22 bits per heavy atom. The van der Waals surface area contributed by atoms with Crippen LogP contribution >= 0.6 is 0 Å². The molecule has 0 radical (unpaired) electrons. The van der Waals surface area contributed by atoms with Crippen LogP contribution in [0.1, 0.15) is 20.8 Å². The maximum atomic E-state index is 11.9. The van der Waals surface area contributed by atoms with Gasteiger partial charge in [-0.25, -0.2) is 0 Å². The highest BCUT2D eigenvalue weighted by atomic mass is 16.5. The molecule has 0 aliphatic rings. The fourth-order valence-electron chi connectivity index (χ4n) is 2.04. The number of rotatable bonds is 6. The van der Waals surface area contributed by atoms with Gasteiger partial charge in [-0.05, 0) is 17.5 Å². The molecule has 6 heteroatoms. The van der Waals surface area contributed by atoms with E-state index in [0.717, 1.165) is 5.69 Å². The second-order valence-electron chi connectivity index (χ2n) is 6.31. The van der Waals surface area contributed by atoms with Crippen molar-refractivity contribution in [3.05, 3.63) is 30.3 Å². The molecular formula is C17H28N4O2. The van der Waals surface area contributed by atoms with Crippen molar-refractivity contribution < 1.29 is 9.53 Å². The molecule has 0 aromatic heterocycles. The number of hydrogen-bond acceptors (Lipinski definition) is 3. The fourth-order valence-corrected chi connectivity index (χ4v) is 2.04. The molecule has 1 aromatic carbocycles. The molecule has 1 unspecified atom stereocenters. The Balaban J connectivity index is 2.41. The number of benzene rings is 1. The third-order valence-electron chi connectivity index (χ3n) is 3.40. The number of methoxy groups -OCH3 is 1. The van der Waals surface area contributed by atoms with E-state index in [-0.39, 0.29) is 24.0 Å². The van der Waals surface area contributed by atoms with Crippen LogP contribution < -0.4 is 16.0 Å². The summed E-state index contributed by atoms with van der Waals surface area (Å²) in [4.78, 5) is 16.0. The Bertz CT molecular complexity index is 509. The van der Waals surface area contributed by atoms with Crippen LogP contribution in [0.4, 0.5) is 5.69 Å². The average Bonchev–Trinajstić information content (AvgIpc) is 2.50. The molecule has 23 heavy (non-hydrogen) atoms. The summed E-state index contributed by atoms with van der Waals surface area (Å²) >= 11 is 0. The Morgan fingerprint density at radius 2 is 1.87 bits per heavy atom. The molecule has 0 spiro atoms. The van der Waals surface area contributed by atoms with Gasteiger partial charge in [-0.2, -0.15) is 0 Å². The summed E-state index contributed by atoms with van der Waals surface area (Å²) in [6.45, 7) is 7.10. The Kier molecular flexibility index (Phi) is 7.54. The van der Waals surface area contributed by atoms with Gasteiger partial charge in [0.2, 0.25) is 5.91 Å². The number of carbonyl (C=O) groups is 1. The molecule has 0 fully saturated rings. The molecule has 6 nitrogen and oxygen atoms in total. The van der Waals surface area contributed by atoms with Crippen LogP contribution in [0.3, 0.4) is 0 Å². The molecule has 0 heterocycles. The summed E-state index contributed by atoms with van der Waals surface area (Å²) in [5.41, 5.74) is 0.792. The Hall–Kier alpha value is -2.08. The van der Waals surface area contributed by atoms with Crippen molar-refractivity contribution >= 4 is 17.6 Å². The molecular weight excluding hydrogens is 292 g/mol. The largest absolute Gasteiger partial charge is 0.379 e. The molecule has 1 aromatic rings. The van der Waals surface area contributed by atoms with Crippen molar-refractivity contribution in [1.82, 2.24) is 10.6 Å². The van der Waals surface area contributed by atoms with E-state index in [4.69, 9.17) is 4.74 Å².